The number of amides is 1. The van der Waals surface area contributed by atoms with E-state index in [1.54, 1.807) is 11.3 Å². The van der Waals surface area contributed by atoms with E-state index in [9.17, 15) is 13.2 Å². The summed E-state index contributed by atoms with van der Waals surface area (Å²) in [5, 5.41) is 2.83. The number of thiazole rings is 1. The largest absolute Gasteiger partial charge is 0.356 e. The number of nitrogens with zero attached hydrogens (tertiary/aromatic N) is 1. The lowest BCUT2D eigenvalue weighted by Crippen LogP contribution is -2.32. The van der Waals surface area contributed by atoms with Crippen LogP contribution in [-0.4, -0.2) is 37.4 Å². The van der Waals surface area contributed by atoms with Crippen molar-refractivity contribution < 1.29 is 13.2 Å². The number of hydrogen-bond acceptors (Lipinski definition) is 5. The van der Waals surface area contributed by atoms with Crippen LogP contribution in [-0.2, 0) is 21.1 Å². The number of carbonyl (C=O) groups excluding carboxylic acids is 1. The summed E-state index contributed by atoms with van der Waals surface area (Å²) >= 11 is 1.63. The molecule has 0 saturated carbocycles. The van der Waals surface area contributed by atoms with Crippen molar-refractivity contribution in [2.45, 2.75) is 26.2 Å². The average molecular weight is 302 g/mol. The molecule has 1 aliphatic heterocycles. The lowest BCUT2D eigenvalue weighted by atomic mass is 10.1. The minimum absolute atomic E-state index is 0.00673. The van der Waals surface area contributed by atoms with E-state index in [4.69, 9.17) is 0 Å². The van der Waals surface area contributed by atoms with Gasteiger partial charge in [-0.05, 0) is 26.2 Å². The van der Waals surface area contributed by atoms with Crippen LogP contribution in [0.25, 0.3) is 0 Å². The molecule has 0 spiro atoms. The molecule has 1 fully saturated rings. The molecule has 1 aliphatic rings. The van der Waals surface area contributed by atoms with E-state index in [1.165, 1.54) is 4.88 Å². The van der Waals surface area contributed by atoms with E-state index in [0.29, 0.717) is 13.0 Å². The van der Waals surface area contributed by atoms with E-state index in [2.05, 4.69) is 10.3 Å². The molecule has 2 heterocycles. The SMILES string of the molecule is Cc1ncsc1CCCNC(=O)C1CCS(=O)(=O)C1. The summed E-state index contributed by atoms with van der Waals surface area (Å²) in [4.78, 5) is 17.2. The highest BCUT2D eigenvalue weighted by molar-refractivity contribution is 7.91. The highest BCUT2D eigenvalue weighted by Gasteiger charge is 2.32. The summed E-state index contributed by atoms with van der Waals surface area (Å²) < 4.78 is 22.6. The van der Waals surface area contributed by atoms with Gasteiger partial charge in [-0.2, -0.15) is 0 Å². The quantitative estimate of drug-likeness (QED) is 0.821. The molecule has 2 rings (SSSR count). The first-order valence-corrected chi connectivity index (χ1v) is 9.05. The first kappa shape index (κ1) is 14.5. The molecular weight excluding hydrogens is 284 g/mol. The van der Waals surface area contributed by atoms with Gasteiger partial charge < -0.3 is 5.32 Å². The lowest BCUT2D eigenvalue weighted by Gasteiger charge is -2.08. The van der Waals surface area contributed by atoms with Crippen LogP contribution in [0, 0.1) is 12.8 Å². The lowest BCUT2D eigenvalue weighted by molar-refractivity contribution is -0.124. The third-order valence-corrected chi connectivity index (χ3v) is 6.09. The molecule has 1 aromatic heterocycles. The van der Waals surface area contributed by atoms with E-state index >= 15 is 0 Å². The monoisotopic (exact) mass is 302 g/mol. The molecule has 1 saturated heterocycles. The Morgan fingerprint density at radius 3 is 2.95 bits per heavy atom. The zero-order valence-corrected chi connectivity index (χ0v) is 12.5. The number of carbonyl (C=O) groups is 1. The Hall–Kier alpha value is -0.950. The zero-order valence-electron chi connectivity index (χ0n) is 10.9. The standard InChI is InChI=1S/C12H18N2O3S2/c1-9-11(18-8-14-9)3-2-5-13-12(15)10-4-6-19(16,17)7-10/h8,10H,2-7H2,1H3,(H,13,15). The van der Waals surface area contributed by atoms with Crippen LogP contribution in [0.2, 0.25) is 0 Å². The van der Waals surface area contributed by atoms with Crippen molar-refractivity contribution >= 4 is 27.1 Å². The molecule has 0 aromatic carbocycles. The summed E-state index contributed by atoms with van der Waals surface area (Å²) in [5.41, 5.74) is 2.88. The van der Waals surface area contributed by atoms with Crippen LogP contribution in [0.3, 0.4) is 0 Å². The molecular formula is C12H18N2O3S2. The molecule has 1 N–H and O–H groups in total. The van der Waals surface area contributed by atoms with Crippen molar-refractivity contribution in [2.24, 2.45) is 5.92 Å². The predicted octanol–water partition coefficient (Wildman–Crippen LogP) is 0.935. The summed E-state index contributed by atoms with van der Waals surface area (Å²) in [5.74, 6) is -0.324. The number of aryl methyl sites for hydroxylation is 2. The molecule has 7 heteroatoms. The number of aromatic nitrogens is 1. The highest BCUT2D eigenvalue weighted by Crippen LogP contribution is 2.18. The zero-order chi connectivity index (χ0) is 13.9. The first-order chi connectivity index (χ1) is 8.98. The first-order valence-electron chi connectivity index (χ1n) is 6.35. The normalized spacial score (nSPS) is 21.4. The van der Waals surface area contributed by atoms with E-state index in [1.807, 2.05) is 12.4 Å². The van der Waals surface area contributed by atoms with E-state index in [0.717, 1.165) is 18.5 Å². The minimum atomic E-state index is -2.98. The fourth-order valence-electron chi connectivity index (χ4n) is 2.17. The van der Waals surface area contributed by atoms with Gasteiger partial charge in [-0.1, -0.05) is 0 Å². The molecule has 1 aromatic rings. The van der Waals surface area contributed by atoms with Gasteiger partial charge in [-0.3, -0.25) is 4.79 Å². The molecule has 1 amide bonds. The summed E-state index contributed by atoms with van der Waals surface area (Å²) in [6.07, 6.45) is 2.22. The Morgan fingerprint density at radius 2 is 2.37 bits per heavy atom. The van der Waals surface area contributed by atoms with Crippen molar-refractivity contribution in [1.29, 1.82) is 0 Å². The second-order valence-electron chi connectivity index (χ2n) is 4.86. The van der Waals surface area contributed by atoms with Gasteiger partial charge >= 0.3 is 0 Å². The van der Waals surface area contributed by atoms with Crippen molar-refractivity contribution in [3.05, 3.63) is 16.1 Å². The molecule has 1 unspecified atom stereocenters. The second kappa shape index (κ2) is 6.00. The van der Waals surface area contributed by atoms with Crippen LogP contribution < -0.4 is 5.32 Å². The molecule has 19 heavy (non-hydrogen) atoms. The Balaban J connectivity index is 1.69. The maximum Gasteiger partial charge on any atom is 0.224 e. The van der Waals surface area contributed by atoms with E-state index in [-0.39, 0.29) is 23.3 Å². The third kappa shape index (κ3) is 4.01. The van der Waals surface area contributed by atoms with Gasteiger partial charge in [-0.25, -0.2) is 13.4 Å². The van der Waals surface area contributed by atoms with Crippen LogP contribution >= 0.6 is 11.3 Å². The second-order valence-corrected chi connectivity index (χ2v) is 8.02. The smallest absolute Gasteiger partial charge is 0.224 e. The van der Waals surface area contributed by atoms with Gasteiger partial charge in [0.05, 0.1) is 28.6 Å². The number of hydrogen-bond donors (Lipinski definition) is 1. The van der Waals surface area contributed by atoms with Gasteiger partial charge in [0.15, 0.2) is 9.84 Å². The Morgan fingerprint density at radius 1 is 1.58 bits per heavy atom. The molecule has 5 nitrogen and oxygen atoms in total. The van der Waals surface area contributed by atoms with Crippen LogP contribution in [0.1, 0.15) is 23.4 Å². The topological polar surface area (TPSA) is 76.1 Å². The van der Waals surface area contributed by atoms with Crippen LogP contribution in [0.4, 0.5) is 0 Å². The third-order valence-electron chi connectivity index (χ3n) is 3.33. The molecule has 106 valence electrons. The van der Waals surface area contributed by atoms with Gasteiger partial charge in [0, 0.05) is 11.4 Å². The van der Waals surface area contributed by atoms with Crippen molar-refractivity contribution in [1.82, 2.24) is 10.3 Å². The molecule has 0 bridgehead atoms. The highest BCUT2D eigenvalue weighted by atomic mass is 32.2. The van der Waals surface area contributed by atoms with Crippen LogP contribution in [0.5, 0.6) is 0 Å². The Labute approximate surface area is 117 Å². The fourth-order valence-corrected chi connectivity index (χ4v) is 4.74. The summed E-state index contributed by atoms with van der Waals surface area (Å²) in [6, 6.07) is 0. The Bertz CT molecular complexity index is 551. The number of nitrogens with one attached hydrogen (secondary N) is 1. The number of sulfone groups is 1. The number of rotatable bonds is 5. The summed E-state index contributed by atoms with van der Waals surface area (Å²) in [6.45, 7) is 2.57. The van der Waals surface area contributed by atoms with E-state index < -0.39 is 9.84 Å². The van der Waals surface area contributed by atoms with Gasteiger partial charge in [0.2, 0.25) is 5.91 Å². The molecule has 0 radical (unpaired) electrons. The average Bonchev–Trinajstić information content (AvgIpc) is 2.91. The maximum absolute atomic E-state index is 11.8. The van der Waals surface area contributed by atoms with Crippen LogP contribution in [0.15, 0.2) is 5.51 Å². The van der Waals surface area contributed by atoms with Gasteiger partial charge in [0.1, 0.15) is 0 Å². The summed E-state index contributed by atoms with van der Waals surface area (Å²) in [7, 11) is -2.98. The Kier molecular flexibility index (Phi) is 4.57. The predicted molar refractivity (Wildman–Crippen MR) is 74.9 cm³/mol. The molecule has 1 atom stereocenters. The minimum Gasteiger partial charge on any atom is -0.356 e. The van der Waals surface area contributed by atoms with Crippen molar-refractivity contribution in [2.75, 3.05) is 18.1 Å². The van der Waals surface area contributed by atoms with Crippen molar-refractivity contribution in [3.8, 4) is 0 Å². The van der Waals surface area contributed by atoms with Gasteiger partial charge in [-0.15, -0.1) is 11.3 Å². The van der Waals surface area contributed by atoms with Gasteiger partial charge in [0.25, 0.3) is 0 Å². The maximum atomic E-state index is 11.8. The fraction of sp³-hybridized carbons (Fsp3) is 0.667. The van der Waals surface area contributed by atoms with Crippen molar-refractivity contribution in [3.63, 3.8) is 0 Å². The molecule has 0 aliphatic carbocycles.